The van der Waals surface area contributed by atoms with E-state index in [0.717, 1.165) is 36.5 Å². The maximum absolute atomic E-state index is 12.5. The van der Waals surface area contributed by atoms with E-state index < -0.39 is 0 Å². The maximum atomic E-state index is 12.5. The number of piperazine rings is 1. The molecule has 0 bridgehead atoms. The summed E-state index contributed by atoms with van der Waals surface area (Å²) in [5, 5.41) is 20.3. The molecule has 5 rings (SSSR count). The molecule has 0 aliphatic carbocycles. The number of rotatable bonds is 9. The van der Waals surface area contributed by atoms with Gasteiger partial charge in [-0.1, -0.05) is 18.2 Å². The summed E-state index contributed by atoms with van der Waals surface area (Å²) in [4.78, 5) is 30.5. The lowest BCUT2D eigenvalue weighted by Gasteiger charge is -2.41. The number of hydrogen-bond donors (Lipinski definition) is 1. The zero-order valence-electron chi connectivity index (χ0n) is 23.6. The van der Waals surface area contributed by atoms with Crippen LogP contribution in [0.5, 0.6) is 17.5 Å². The van der Waals surface area contributed by atoms with Gasteiger partial charge in [0.15, 0.2) is 11.5 Å². The van der Waals surface area contributed by atoms with Gasteiger partial charge in [-0.2, -0.15) is 15.2 Å². The van der Waals surface area contributed by atoms with Crippen molar-refractivity contribution in [2.75, 3.05) is 51.8 Å². The Morgan fingerprint density at radius 2 is 2.10 bits per heavy atom. The lowest BCUT2D eigenvalue weighted by molar-refractivity contribution is -0.128. The van der Waals surface area contributed by atoms with Crippen LogP contribution < -0.4 is 14.4 Å². The summed E-state index contributed by atoms with van der Waals surface area (Å²) < 4.78 is 11.6. The molecule has 218 valence electrons. The Balaban J connectivity index is 1.43. The van der Waals surface area contributed by atoms with Crippen molar-refractivity contribution < 1.29 is 19.4 Å². The van der Waals surface area contributed by atoms with Crippen LogP contribution in [0.2, 0.25) is 5.02 Å². The van der Waals surface area contributed by atoms with Crippen LogP contribution in [0.4, 0.5) is 5.82 Å². The van der Waals surface area contributed by atoms with Gasteiger partial charge in [0.2, 0.25) is 5.91 Å². The number of aromatic nitrogens is 2. The van der Waals surface area contributed by atoms with E-state index in [-0.39, 0.29) is 24.1 Å². The number of likely N-dealkylation sites (tertiary alicyclic amines) is 1. The number of phenolic OH excluding ortho intramolecular Hbond substituents is 1. The lowest BCUT2D eigenvalue weighted by Crippen LogP contribution is -2.55. The standard InChI is InChI=1S/C29H36ClN7O4/c1-4-26(39)37-13-12-36(14-19(37)9-10-31)28-22-16-35(15-21-23(30)7-8-25(38)27(21)40-3)17-24(22)32-29(33-28)41-18-20-6-5-11-34(20)2/h4,7-8,19-20,38H,1,5-6,9,11-18H2,2-3H3/t19-,20-/m0/s1. The number of nitriles is 1. The number of amides is 1. The van der Waals surface area contributed by atoms with Crippen LogP contribution in [0.1, 0.15) is 36.1 Å². The summed E-state index contributed by atoms with van der Waals surface area (Å²) in [6.07, 6.45) is 3.73. The lowest BCUT2D eigenvalue weighted by atomic mass is 10.1. The molecular formula is C29H36ClN7O4. The second-order valence-corrected chi connectivity index (χ2v) is 11.2. The molecular weight excluding hydrogens is 546 g/mol. The van der Waals surface area contributed by atoms with Crippen molar-refractivity contribution >= 4 is 23.3 Å². The highest BCUT2D eigenvalue weighted by Gasteiger charge is 2.35. The summed E-state index contributed by atoms with van der Waals surface area (Å²) in [7, 11) is 3.62. The highest BCUT2D eigenvalue weighted by atomic mass is 35.5. The van der Waals surface area contributed by atoms with E-state index in [0.29, 0.717) is 74.3 Å². The molecule has 4 heterocycles. The molecule has 1 amide bonds. The highest BCUT2D eigenvalue weighted by molar-refractivity contribution is 6.31. The maximum Gasteiger partial charge on any atom is 0.318 e. The first kappa shape index (κ1) is 28.9. The molecule has 2 fully saturated rings. The van der Waals surface area contributed by atoms with Crippen LogP contribution in [0, 0.1) is 11.3 Å². The normalized spacial score (nSPS) is 21.0. The molecule has 0 saturated carbocycles. The molecule has 11 nitrogen and oxygen atoms in total. The van der Waals surface area contributed by atoms with Crippen LogP contribution >= 0.6 is 11.6 Å². The molecule has 2 atom stereocenters. The zero-order valence-corrected chi connectivity index (χ0v) is 24.3. The summed E-state index contributed by atoms with van der Waals surface area (Å²) in [6.45, 7) is 8.19. The van der Waals surface area contributed by atoms with Gasteiger partial charge in [0.1, 0.15) is 12.4 Å². The monoisotopic (exact) mass is 581 g/mol. The number of phenols is 1. The number of ether oxygens (including phenoxy) is 2. The minimum atomic E-state index is -0.283. The van der Waals surface area contributed by atoms with Gasteiger partial charge in [-0.15, -0.1) is 0 Å². The molecule has 1 N–H and O–H groups in total. The molecule has 0 radical (unpaired) electrons. The van der Waals surface area contributed by atoms with Crippen molar-refractivity contribution in [3.8, 4) is 23.6 Å². The Bertz CT molecular complexity index is 1350. The van der Waals surface area contributed by atoms with Crippen molar-refractivity contribution in [3.63, 3.8) is 0 Å². The van der Waals surface area contributed by atoms with Crippen LogP contribution in [0.25, 0.3) is 0 Å². The van der Waals surface area contributed by atoms with Crippen molar-refractivity contribution in [2.24, 2.45) is 0 Å². The number of likely N-dealkylation sites (N-methyl/N-ethyl adjacent to an activating group) is 1. The smallest absolute Gasteiger partial charge is 0.318 e. The van der Waals surface area contributed by atoms with Crippen molar-refractivity contribution in [3.05, 3.63) is 46.6 Å². The minimum Gasteiger partial charge on any atom is -0.504 e. The molecule has 1 aromatic heterocycles. The van der Waals surface area contributed by atoms with Gasteiger partial charge >= 0.3 is 6.01 Å². The molecule has 2 saturated heterocycles. The van der Waals surface area contributed by atoms with Crippen molar-refractivity contribution in [2.45, 2.75) is 51.0 Å². The topological polar surface area (TPSA) is 118 Å². The second kappa shape index (κ2) is 12.5. The predicted molar refractivity (Wildman–Crippen MR) is 154 cm³/mol. The molecule has 41 heavy (non-hydrogen) atoms. The van der Waals surface area contributed by atoms with Crippen LogP contribution in [0.15, 0.2) is 24.8 Å². The van der Waals surface area contributed by atoms with Gasteiger partial charge < -0.3 is 29.3 Å². The molecule has 0 spiro atoms. The predicted octanol–water partition coefficient (Wildman–Crippen LogP) is 2.95. The molecule has 2 aromatic rings. The first-order valence-electron chi connectivity index (χ1n) is 13.9. The number of anilines is 1. The van der Waals surface area contributed by atoms with E-state index in [9.17, 15) is 15.2 Å². The summed E-state index contributed by atoms with van der Waals surface area (Å²) in [5.41, 5.74) is 2.54. The van der Waals surface area contributed by atoms with Gasteiger partial charge in [-0.3, -0.25) is 9.69 Å². The number of methoxy groups -OCH3 is 1. The fraction of sp³-hybridized carbons (Fsp3) is 0.517. The van der Waals surface area contributed by atoms with E-state index in [1.54, 1.807) is 11.0 Å². The summed E-state index contributed by atoms with van der Waals surface area (Å²) >= 11 is 6.52. The van der Waals surface area contributed by atoms with E-state index in [4.69, 9.17) is 31.0 Å². The van der Waals surface area contributed by atoms with Crippen LogP contribution in [0.3, 0.4) is 0 Å². The van der Waals surface area contributed by atoms with Crippen LogP contribution in [-0.4, -0.2) is 94.7 Å². The number of halogens is 1. The third-order valence-corrected chi connectivity index (χ3v) is 8.57. The van der Waals surface area contributed by atoms with Crippen molar-refractivity contribution in [1.29, 1.82) is 5.26 Å². The highest BCUT2D eigenvalue weighted by Crippen LogP contribution is 2.39. The average molecular weight is 582 g/mol. The molecule has 12 heteroatoms. The van der Waals surface area contributed by atoms with Gasteiger partial charge in [0.25, 0.3) is 0 Å². The molecule has 1 aromatic carbocycles. The third-order valence-electron chi connectivity index (χ3n) is 8.22. The number of benzene rings is 1. The Morgan fingerprint density at radius 1 is 1.27 bits per heavy atom. The Hall–Kier alpha value is -3.59. The second-order valence-electron chi connectivity index (χ2n) is 10.8. The number of hydrogen-bond acceptors (Lipinski definition) is 10. The van der Waals surface area contributed by atoms with E-state index >= 15 is 0 Å². The van der Waals surface area contributed by atoms with Crippen molar-refractivity contribution in [1.82, 2.24) is 24.7 Å². The van der Waals surface area contributed by atoms with Gasteiger partial charge in [-0.05, 0) is 44.6 Å². The SMILES string of the molecule is C=CC(=O)N1CCN(c2nc(OC[C@@H]3CCCN3C)nc3c2CN(Cc2c(Cl)ccc(O)c2OC)C3)C[C@@H]1CC#N. The van der Waals surface area contributed by atoms with Gasteiger partial charge in [-0.25, -0.2) is 0 Å². The first-order valence-corrected chi connectivity index (χ1v) is 14.2. The van der Waals surface area contributed by atoms with E-state index in [1.165, 1.54) is 19.3 Å². The van der Waals surface area contributed by atoms with E-state index in [2.05, 4.69) is 34.4 Å². The van der Waals surface area contributed by atoms with Gasteiger partial charge in [0.05, 0.1) is 31.3 Å². The third kappa shape index (κ3) is 6.05. The number of carbonyl (C=O) groups excluding carboxylic acids is 1. The Morgan fingerprint density at radius 3 is 2.80 bits per heavy atom. The van der Waals surface area contributed by atoms with Crippen LogP contribution in [-0.2, 0) is 24.4 Å². The fourth-order valence-corrected chi connectivity index (χ4v) is 6.21. The number of fused-ring (bicyclic) bond motifs is 1. The Kier molecular flexibility index (Phi) is 8.82. The largest absolute Gasteiger partial charge is 0.504 e. The number of aromatic hydroxyl groups is 1. The molecule has 3 aliphatic rings. The fourth-order valence-electron chi connectivity index (χ4n) is 6.00. The van der Waals surface area contributed by atoms with E-state index in [1.807, 2.05) is 0 Å². The quantitative estimate of drug-likeness (QED) is 0.443. The zero-order chi connectivity index (χ0) is 29.1. The Labute approximate surface area is 245 Å². The molecule has 3 aliphatic heterocycles. The van der Waals surface area contributed by atoms with Gasteiger partial charge in [0, 0.05) is 61.5 Å². The minimum absolute atomic E-state index is 0.0344. The number of nitrogens with zero attached hydrogens (tertiary/aromatic N) is 7. The average Bonchev–Trinajstić information content (AvgIpc) is 3.58. The summed E-state index contributed by atoms with van der Waals surface area (Å²) in [6, 6.07) is 5.77. The molecule has 0 unspecified atom stereocenters. The summed E-state index contributed by atoms with van der Waals surface area (Å²) in [5.74, 6) is 0.972. The first-order chi connectivity index (χ1) is 19.8. The number of carbonyl (C=O) groups is 1.